The van der Waals surface area contributed by atoms with Crippen molar-refractivity contribution in [2.75, 3.05) is 0 Å². The molecule has 2 rings (SSSR count). The fourth-order valence-corrected chi connectivity index (χ4v) is 1.69. The summed E-state index contributed by atoms with van der Waals surface area (Å²) in [4.78, 5) is 0. The van der Waals surface area contributed by atoms with Crippen LogP contribution in [0.15, 0.2) is 53.0 Å². The normalized spacial score (nSPS) is 10.0. The van der Waals surface area contributed by atoms with Crippen molar-refractivity contribution in [3.63, 3.8) is 0 Å². The molecule has 1 nitrogen and oxygen atoms in total. The van der Waals surface area contributed by atoms with Crippen LogP contribution in [0.2, 0.25) is 5.02 Å². The molecule has 0 saturated carbocycles. The van der Waals surface area contributed by atoms with Crippen molar-refractivity contribution in [2.24, 2.45) is 0 Å². The highest BCUT2D eigenvalue weighted by molar-refractivity contribution is 9.10. The van der Waals surface area contributed by atoms with Crippen molar-refractivity contribution < 1.29 is 4.74 Å². The number of halogens is 2. The maximum Gasteiger partial charge on any atom is 0.143 e. The second-order valence-corrected chi connectivity index (χ2v) is 4.17. The van der Waals surface area contributed by atoms with Gasteiger partial charge in [0.1, 0.15) is 11.5 Å². The second kappa shape index (κ2) is 4.69. The van der Waals surface area contributed by atoms with E-state index in [1.54, 1.807) is 0 Å². The molecule has 0 aliphatic carbocycles. The molecular formula is C12H8BrClO. The summed E-state index contributed by atoms with van der Waals surface area (Å²) in [6, 6.07) is 15.1. The maximum atomic E-state index is 5.95. The third-order valence-corrected chi connectivity index (χ3v) is 3.25. The van der Waals surface area contributed by atoms with E-state index in [0.717, 1.165) is 10.2 Å². The predicted molar refractivity (Wildman–Crippen MR) is 65.7 cm³/mol. The molecule has 0 fully saturated rings. The highest BCUT2D eigenvalue weighted by Gasteiger charge is 2.05. The van der Waals surface area contributed by atoms with E-state index in [1.165, 1.54) is 0 Å². The Balaban J connectivity index is 2.29. The van der Waals surface area contributed by atoms with Crippen LogP contribution in [0, 0.1) is 0 Å². The SMILES string of the molecule is Clc1cccc(Oc2ccccc2)c1Br. The minimum Gasteiger partial charge on any atom is -0.456 e. The summed E-state index contributed by atoms with van der Waals surface area (Å²) in [6.07, 6.45) is 0. The topological polar surface area (TPSA) is 9.23 Å². The first-order chi connectivity index (χ1) is 7.27. The van der Waals surface area contributed by atoms with E-state index in [2.05, 4.69) is 15.9 Å². The van der Waals surface area contributed by atoms with Crippen LogP contribution in [0.25, 0.3) is 0 Å². The lowest BCUT2D eigenvalue weighted by atomic mass is 10.3. The number of rotatable bonds is 2. The van der Waals surface area contributed by atoms with Gasteiger partial charge in [0.05, 0.1) is 9.50 Å². The fourth-order valence-electron chi connectivity index (χ4n) is 1.18. The minimum absolute atomic E-state index is 0.642. The molecule has 15 heavy (non-hydrogen) atoms. The van der Waals surface area contributed by atoms with Gasteiger partial charge < -0.3 is 4.74 Å². The monoisotopic (exact) mass is 282 g/mol. The first-order valence-electron chi connectivity index (χ1n) is 4.44. The van der Waals surface area contributed by atoms with E-state index in [-0.39, 0.29) is 0 Å². The van der Waals surface area contributed by atoms with Crippen molar-refractivity contribution in [3.8, 4) is 11.5 Å². The smallest absolute Gasteiger partial charge is 0.143 e. The zero-order valence-electron chi connectivity index (χ0n) is 7.78. The van der Waals surface area contributed by atoms with Crippen LogP contribution in [-0.4, -0.2) is 0 Å². The predicted octanol–water partition coefficient (Wildman–Crippen LogP) is 4.89. The summed E-state index contributed by atoms with van der Waals surface area (Å²) < 4.78 is 6.43. The van der Waals surface area contributed by atoms with E-state index in [4.69, 9.17) is 16.3 Å². The summed E-state index contributed by atoms with van der Waals surface area (Å²) in [6.45, 7) is 0. The Morgan fingerprint density at radius 1 is 0.933 bits per heavy atom. The summed E-state index contributed by atoms with van der Waals surface area (Å²) in [7, 11) is 0. The summed E-state index contributed by atoms with van der Waals surface area (Å²) in [5.74, 6) is 1.51. The lowest BCUT2D eigenvalue weighted by Crippen LogP contribution is -1.84. The van der Waals surface area contributed by atoms with Gasteiger partial charge in [-0.15, -0.1) is 0 Å². The summed E-state index contributed by atoms with van der Waals surface area (Å²) in [5, 5.41) is 0.642. The van der Waals surface area contributed by atoms with Crippen LogP contribution in [-0.2, 0) is 0 Å². The number of hydrogen-bond acceptors (Lipinski definition) is 1. The van der Waals surface area contributed by atoms with Gasteiger partial charge in [0.25, 0.3) is 0 Å². The Bertz CT molecular complexity index is 456. The highest BCUT2D eigenvalue weighted by Crippen LogP contribution is 2.34. The molecule has 0 aliphatic rings. The van der Waals surface area contributed by atoms with Crippen molar-refractivity contribution >= 4 is 27.5 Å². The van der Waals surface area contributed by atoms with Crippen LogP contribution in [0.3, 0.4) is 0 Å². The third-order valence-electron chi connectivity index (χ3n) is 1.89. The molecule has 0 amide bonds. The van der Waals surface area contributed by atoms with E-state index in [1.807, 2.05) is 48.5 Å². The minimum atomic E-state index is 0.642. The molecule has 0 aliphatic heterocycles. The lowest BCUT2D eigenvalue weighted by molar-refractivity contribution is 0.479. The average Bonchev–Trinajstić information content (AvgIpc) is 2.26. The van der Waals surface area contributed by atoms with Gasteiger partial charge in [-0.2, -0.15) is 0 Å². The van der Waals surface area contributed by atoms with Gasteiger partial charge in [0, 0.05) is 0 Å². The molecule has 0 unspecified atom stereocenters. The Hall–Kier alpha value is -0.990. The standard InChI is InChI=1S/C12H8BrClO/c13-12-10(14)7-4-8-11(12)15-9-5-2-1-3-6-9/h1-8H. The summed E-state index contributed by atoms with van der Waals surface area (Å²) >= 11 is 9.33. The Morgan fingerprint density at radius 3 is 2.40 bits per heavy atom. The van der Waals surface area contributed by atoms with Crippen molar-refractivity contribution in [1.82, 2.24) is 0 Å². The van der Waals surface area contributed by atoms with Gasteiger partial charge in [-0.3, -0.25) is 0 Å². The van der Waals surface area contributed by atoms with Crippen molar-refractivity contribution in [3.05, 3.63) is 58.0 Å². The summed E-state index contributed by atoms with van der Waals surface area (Å²) in [5.41, 5.74) is 0. The average molecular weight is 284 g/mol. The van der Waals surface area contributed by atoms with E-state index < -0.39 is 0 Å². The quantitative estimate of drug-likeness (QED) is 0.762. The molecule has 76 valence electrons. The second-order valence-electron chi connectivity index (χ2n) is 2.97. The van der Waals surface area contributed by atoms with E-state index in [0.29, 0.717) is 10.8 Å². The molecule has 0 spiro atoms. The van der Waals surface area contributed by atoms with Crippen LogP contribution < -0.4 is 4.74 Å². The highest BCUT2D eigenvalue weighted by atomic mass is 79.9. The number of ether oxygens (including phenoxy) is 1. The maximum absolute atomic E-state index is 5.95. The fraction of sp³-hybridized carbons (Fsp3) is 0. The third kappa shape index (κ3) is 2.52. The molecule has 0 atom stereocenters. The van der Waals surface area contributed by atoms with E-state index in [9.17, 15) is 0 Å². The molecule has 0 bridgehead atoms. The van der Waals surface area contributed by atoms with Crippen LogP contribution in [0.4, 0.5) is 0 Å². The van der Waals surface area contributed by atoms with Gasteiger partial charge in [0.15, 0.2) is 0 Å². The molecule has 3 heteroatoms. The number of hydrogen-bond donors (Lipinski definition) is 0. The molecule has 2 aromatic carbocycles. The van der Waals surface area contributed by atoms with Crippen molar-refractivity contribution in [1.29, 1.82) is 0 Å². The van der Waals surface area contributed by atoms with Gasteiger partial charge >= 0.3 is 0 Å². The molecule has 0 N–H and O–H groups in total. The van der Waals surface area contributed by atoms with Crippen LogP contribution in [0.5, 0.6) is 11.5 Å². The zero-order valence-corrected chi connectivity index (χ0v) is 10.1. The van der Waals surface area contributed by atoms with Gasteiger partial charge in [-0.05, 0) is 40.2 Å². The van der Waals surface area contributed by atoms with Gasteiger partial charge in [-0.1, -0.05) is 35.9 Å². The Kier molecular flexibility index (Phi) is 3.29. The van der Waals surface area contributed by atoms with Crippen molar-refractivity contribution in [2.45, 2.75) is 0 Å². The van der Waals surface area contributed by atoms with Gasteiger partial charge in [0.2, 0.25) is 0 Å². The van der Waals surface area contributed by atoms with Crippen LogP contribution in [0.1, 0.15) is 0 Å². The molecule has 0 saturated heterocycles. The molecule has 2 aromatic rings. The van der Waals surface area contributed by atoms with Gasteiger partial charge in [-0.25, -0.2) is 0 Å². The first kappa shape index (κ1) is 10.5. The van der Waals surface area contributed by atoms with E-state index >= 15 is 0 Å². The Labute approximate surface area is 102 Å². The molecule has 0 heterocycles. The first-order valence-corrected chi connectivity index (χ1v) is 5.61. The lowest BCUT2D eigenvalue weighted by Gasteiger charge is -2.07. The molecule has 0 radical (unpaired) electrons. The molecule has 0 aromatic heterocycles. The number of para-hydroxylation sites is 1. The number of benzene rings is 2. The largest absolute Gasteiger partial charge is 0.456 e. The Morgan fingerprint density at radius 2 is 1.67 bits per heavy atom. The van der Waals surface area contributed by atoms with Crippen LogP contribution >= 0.6 is 27.5 Å². The molecular weight excluding hydrogens is 275 g/mol. The zero-order chi connectivity index (χ0) is 10.7.